The maximum Gasteiger partial charge on any atom is 0.238 e. The predicted octanol–water partition coefficient (Wildman–Crippen LogP) is 2.73. The van der Waals surface area contributed by atoms with Gasteiger partial charge in [-0.25, -0.2) is 14.4 Å². The molecule has 0 radical (unpaired) electrons. The Kier molecular flexibility index (Phi) is 2.92. The Morgan fingerprint density at radius 2 is 2.32 bits per heavy atom. The summed E-state index contributed by atoms with van der Waals surface area (Å²) < 4.78 is 13.3. The molecule has 22 heavy (non-hydrogen) atoms. The summed E-state index contributed by atoms with van der Waals surface area (Å²) in [6.07, 6.45) is 6.88. The van der Waals surface area contributed by atoms with Crippen LogP contribution in [0, 0.1) is 11.7 Å². The molecule has 0 atom stereocenters. The lowest BCUT2D eigenvalue weighted by atomic mass is 10.1. The van der Waals surface area contributed by atoms with E-state index in [1.54, 1.807) is 12.3 Å². The van der Waals surface area contributed by atoms with E-state index < -0.39 is 5.82 Å². The number of aromatic nitrogens is 3. The summed E-state index contributed by atoms with van der Waals surface area (Å²) in [7, 11) is 0. The summed E-state index contributed by atoms with van der Waals surface area (Å²) in [6.45, 7) is 0.850. The van der Waals surface area contributed by atoms with Gasteiger partial charge >= 0.3 is 0 Å². The van der Waals surface area contributed by atoms with Crippen LogP contribution in [0.25, 0.3) is 11.6 Å². The highest BCUT2D eigenvalue weighted by atomic mass is 19.1. The first-order valence-corrected chi connectivity index (χ1v) is 7.13. The second-order valence-corrected chi connectivity index (χ2v) is 5.53. The molecule has 1 saturated carbocycles. The lowest BCUT2D eigenvalue weighted by molar-refractivity contribution is 0.455. The summed E-state index contributed by atoms with van der Waals surface area (Å²) in [5.74, 6) is 1.19. The highest BCUT2D eigenvalue weighted by molar-refractivity contribution is 6.20. The number of allylic oxidation sites excluding steroid dienone is 1. The van der Waals surface area contributed by atoms with Crippen molar-refractivity contribution in [2.75, 3.05) is 11.9 Å². The molecule has 2 aromatic rings. The van der Waals surface area contributed by atoms with Crippen molar-refractivity contribution in [3.05, 3.63) is 29.3 Å². The highest BCUT2D eigenvalue weighted by Crippen LogP contribution is 2.33. The molecule has 4 rings (SSSR count). The third kappa shape index (κ3) is 2.45. The standard InChI is InChI=1S/C15H14FN5O/c16-10-4-11-9(6-17-13(11)18-7-10)3-12-14(22)21-15(20-12)19-5-8-1-2-8/h3-4,6-8,22H,1-2,5H2,(H2,19,20,21). The highest BCUT2D eigenvalue weighted by Gasteiger charge is 2.21. The molecular formula is C15H14FN5O. The number of rotatable bonds is 4. The van der Waals surface area contributed by atoms with Crippen molar-refractivity contribution in [3.8, 4) is 5.88 Å². The first-order valence-electron chi connectivity index (χ1n) is 7.13. The first kappa shape index (κ1) is 13.0. The molecule has 2 aliphatic rings. The summed E-state index contributed by atoms with van der Waals surface area (Å²) in [6, 6.07) is 1.38. The van der Waals surface area contributed by atoms with Crippen LogP contribution in [0.4, 0.5) is 16.2 Å². The summed E-state index contributed by atoms with van der Waals surface area (Å²) in [4.78, 5) is 15.1. The Bertz CT molecular complexity index is 791. The van der Waals surface area contributed by atoms with E-state index in [1.165, 1.54) is 18.9 Å². The van der Waals surface area contributed by atoms with E-state index >= 15 is 0 Å². The lowest BCUT2D eigenvalue weighted by Crippen LogP contribution is -2.04. The fourth-order valence-corrected chi connectivity index (χ4v) is 2.34. The van der Waals surface area contributed by atoms with Crippen LogP contribution in [-0.2, 0) is 0 Å². The average molecular weight is 299 g/mol. The van der Waals surface area contributed by atoms with Gasteiger partial charge in [-0.2, -0.15) is 4.98 Å². The van der Waals surface area contributed by atoms with Crippen molar-refractivity contribution in [1.29, 1.82) is 0 Å². The maximum atomic E-state index is 13.3. The third-order valence-corrected chi connectivity index (χ3v) is 3.74. The molecule has 7 heteroatoms. The number of pyridine rings is 1. The van der Waals surface area contributed by atoms with Gasteiger partial charge in [0.25, 0.3) is 0 Å². The van der Waals surface area contributed by atoms with E-state index in [0.717, 1.165) is 12.7 Å². The molecule has 2 aromatic heterocycles. The number of imidazole rings is 1. The van der Waals surface area contributed by atoms with Gasteiger partial charge in [0.2, 0.25) is 11.8 Å². The predicted molar refractivity (Wildman–Crippen MR) is 81.7 cm³/mol. The van der Waals surface area contributed by atoms with Crippen molar-refractivity contribution < 1.29 is 9.50 Å². The van der Waals surface area contributed by atoms with Gasteiger partial charge in [-0.3, -0.25) is 0 Å². The number of aliphatic imine (C=N–C) groups is 1. The van der Waals surface area contributed by atoms with Crippen LogP contribution in [0.1, 0.15) is 24.1 Å². The Hall–Kier alpha value is -2.70. The van der Waals surface area contributed by atoms with E-state index in [2.05, 4.69) is 25.3 Å². The average Bonchev–Trinajstić information content (AvgIpc) is 3.16. The lowest BCUT2D eigenvalue weighted by Gasteiger charge is -1.99. The minimum Gasteiger partial charge on any atom is -0.492 e. The van der Waals surface area contributed by atoms with Gasteiger partial charge in [-0.15, -0.1) is 0 Å². The molecule has 112 valence electrons. The van der Waals surface area contributed by atoms with Gasteiger partial charge < -0.3 is 15.4 Å². The van der Waals surface area contributed by atoms with Gasteiger partial charge in [0.1, 0.15) is 11.5 Å². The third-order valence-electron chi connectivity index (χ3n) is 3.74. The van der Waals surface area contributed by atoms with E-state index in [-0.39, 0.29) is 5.88 Å². The van der Waals surface area contributed by atoms with E-state index in [0.29, 0.717) is 34.5 Å². The normalized spacial score (nSPS) is 18.0. The molecule has 0 amide bonds. The number of nitrogens with one attached hydrogen (secondary N) is 2. The van der Waals surface area contributed by atoms with Gasteiger partial charge in [-0.1, -0.05) is 0 Å². The van der Waals surface area contributed by atoms with E-state index in [9.17, 15) is 9.50 Å². The number of fused-ring (bicyclic) bond motifs is 1. The number of nitrogens with zero attached hydrogens (tertiary/aromatic N) is 3. The molecule has 3 N–H and O–H groups in total. The zero-order chi connectivity index (χ0) is 15.1. The van der Waals surface area contributed by atoms with Crippen molar-refractivity contribution in [1.82, 2.24) is 15.0 Å². The SMILES string of the molecule is Oc1nc(NCC2CC2)[nH]c1C=C1C=Nc2ncc(F)cc21. The Morgan fingerprint density at radius 3 is 3.14 bits per heavy atom. The van der Waals surface area contributed by atoms with Crippen LogP contribution in [0.3, 0.4) is 0 Å². The number of H-pyrrole nitrogens is 1. The van der Waals surface area contributed by atoms with Crippen molar-refractivity contribution in [3.63, 3.8) is 0 Å². The Morgan fingerprint density at radius 1 is 1.45 bits per heavy atom. The number of anilines is 1. The minimum atomic E-state index is -0.421. The summed E-state index contributed by atoms with van der Waals surface area (Å²) in [5, 5.41) is 13.1. The van der Waals surface area contributed by atoms with E-state index in [4.69, 9.17) is 0 Å². The van der Waals surface area contributed by atoms with Crippen LogP contribution in [0.2, 0.25) is 0 Å². The fraction of sp³-hybridized carbons (Fsp3) is 0.267. The largest absolute Gasteiger partial charge is 0.492 e. The molecule has 1 aliphatic heterocycles. The topological polar surface area (TPSA) is 86.2 Å². The van der Waals surface area contributed by atoms with Gasteiger partial charge in [0.05, 0.1) is 6.20 Å². The fourth-order valence-electron chi connectivity index (χ4n) is 2.34. The van der Waals surface area contributed by atoms with Crippen LogP contribution < -0.4 is 5.32 Å². The Labute approximate surface area is 125 Å². The second-order valence-electron chi connectivity index (χ2n) is 5.53. The summed E-state index contributed by atoms with van der Waals surface area (Å²) in [5.41, 5.74) is 1.73. The second kappa shape index (κ2) is 4.94. The van der Waals surface area contributed by atoms with Gasteiger partial charge in [0, 0.05) is 23.9 Å². The molecule has 0 aromatic carbocycles. The van der Waals surface area contributed by atoms with Crippen LogP contribution in [-0.4, -0.2) is 32.8 Å². The molecule has 0 unspecified atom stereocenters. The van der Waals surface area contributed by atoms with Crippen molar-refractivity contribution in [2.24, 2.45) is 10.9 Å². The number of aromatic amines is 1. The number of hydrogen-bond acceptors (Lipinski definition) is 5. The molecule has 1 fully saturated rings. The summed E-state index contributed by atoms with van der Waals surface area (Å²) >= 11 is 0. The number of aromatic hydroxyl groups is 1. The first-order chi connectivity index (χ1) is 10.7. The monoisotopic (exact) mass is 299 g/mol. The van der Waals surface area contributed by atoms with Crippen LogP contribution in [0.15, 0.2) is 17.3 Å². The van der Waals surface area contributed by atoms with Crippen molar-refractivity contribution in [2.45, 2.75) is 12.8 Å². The molecule has 0 spiro atoms. The zero-order valence-corrected chi connectivity index (χ0v) is 11.7. The Balaban J connectivity index is 1.61. The van der Waals surface area contributed by atoms with Gasteiger partial charge in [-0.05, 0) is 30.9 Å². The molecule has 6 nitrogen and oxygen atoms in total. The van der Waals surface area contributed by atoms with Crippen molar-refractivity contribution >= 4 is 29.6 Å². The molecular weight excluding hydrogens is 285 g/mol. The molecule has 0 saturated heterocycles. The molecule has 3 heterocycles. The van der Waals surface area contributed by atoms with E-state index in [1.807, 2.05) is 0 Å². The van der Waals surface area contributed by atoms with Crippen LogP contribution in [0.5, 0.6) is 5.88 Å². The number of hydrogen-bond donors (Lipinski definition) is 3. The number of halogens is 1. The smallest absolute Gasteiger partial charge is 0.238 e. The zero-order valence-electron chi connectivity index (χ0n) is 11.7. The minimum absolute atomic E-state index is 0.1000. The molecule has 1 aliphatic carbocycles. The van der Waals surface area contributed by atoms with Gasteiger partial charge in [0.15, 0.2) is 5.82 Å². The van der Waals surface area contributed by atoms with Crippen LogP contribution >= 0.6 is 0 Å². The maximum absolute atomic E-state index is 13.3. The molecule has 0 bridgehead atoms. The quantitative estimate of drug-likeness (QED) is 0.810.